The molecule has 2 fully saturated rings. The minimum absolute atomic E-state index is 0.167. The maximum absolute atomic E-state index is 12.6. The van der Waals surface area contributed by atoms with E-state index in [1.54, 1.807) is 0 Å². The number of carbonyl (C=O) groups excluding carboxylic acids is 1. The first-order valence-electron chi connectivity index (χ1n) is 7.25. The predicted octanol–water partition coefficient (Wildman–Crippen LogP) is 2.78. The highest BCUT2D eigenvalue weighted by atomic mass is 16.5. The van der Waals surface area contributed by atoms with Crippen LogP contribution in [0.1, 0.15) is 41.6 Å². The summed E-state index contributed by atoms with van der Waals surface area (Å²) in [5.74, 6) is 0.167. The van der Waals surface area contributed by atoms with Gasteiger partial charge in [-0.3, -0.25) is 4.79 Å². The minimum atomic E-state index is 0.167. The zero-order valence-corrected chi connectivity index (χ0v) is 11.5. The van der Waals surface area contributed by atoms with Crippen LogP contribution >= 0.6 is 0 Å². The first-order valence-corrected chi connectivity index (χ1v) is 7.25. The molecule has 1 amide bonds. The van der Waals surface area contributed by atoms with Crippen molar-refractivity contribution in [3.8, 4) is 0 Å². The van der Waals surface area contributed by atoms with Crippen molar-refractivity contribution in [2.75, 3.05) is 13.2 Å². The van der Waals surface area contributed by atoms with Crippen LogP contribution in [0.5, 0.6) is 0 Å². The average molecular weight is 259 g/mol. The van der Waals surface area contributed by atoms with Crippen LogP contribution in [0.15, 0.2) is 24.3 Å². The fourth-order valence-electron chi connectivity index (χ4n) is 3.21. The maximum Gasteiger partial charge on any atom is 0.254 e. The van der Waals surface area contributed by atoms with Gasteiger partial charge in [-0.05, 0) is 31.9 Å². The van der Waals surface area contributed by atoms with E-state index in [9.17, 15) is 4.79 Å². The van der Waals surface area contributed by atoms with Gasteiger partial charge in [0.15, 0.2) is 0 Å². The lowest BCUT2D eigenvalue weighted by Crippen LogP contribution is -2.54. The molecule has 2 atom stereocenters. The first-order chi connectivity index (χ1) is 9.25. The van der Waals surface area contributed by atoms with Crippen LogP contribution in [0.3, 0.4) is 0 Å². The lowest BCUT2D eigenvalue weighted by atomic mass is 9.89. The van der Waals surface area contributed by atoms with Crippen LogP contribution < -0.4 is 0 Å². The molecule has 2 aliphatic rings. The summed E-state index contributed by atoms with van der Waals surface area (Å²) >= 11 is 0. The summed E-state index contributed by atoms with van der Waals surface area (Å²) in [7, 11) is 0. The number of hydrogen-bond acceptors (Lipinski definition) is 2. The summed E-state index contributed by atoms with van der Waals surface area (Å²) in [6, 6.07) is 8.17. The number of aryl methyl sites for hydroxylation is 1. The van der Waals surface area contributed by atoms with E-state index in [-0.39, 0.29) is 18.1 Å². The highest BCUT2D eigenvalue weighted by Gasteiger charge is 2.36. The molecule has 1 aliphatic carbocycles. The quantitative estimate of drug-likeness (QED) is 0.776. The monoisotopic (exact) mass is 259 g/mol. The van der Waals surface area contributed by atoms with Gasteiger partial charge in [0.25, 0.3) is 5.91 Å². The topological polar surface area (TPSA) is 29.5 Å². The van der Waals surface area contributed by atoms with E-state index in [1.165, 1.54) is 18.4 Å². The van der Waals surface area contributed by atoms with Gasteiger partial charge in [0.2, 0.25) is 0 Å². The fraction of sp³-hybridized carbons (Fsp3) is 0.562. The normalized spacial score (nSPS) is 26.9. The number of hydrogen-bond donors (Lipinski definition) is 0. The fourth-order valence-corrected chi connectivity index (χ4v) is 3.21. The third-order valence-corrected chi connectivity index (χ3v) is 4.29. The molecule has 3 nitrogen and oxygen atoms in total. The Morgan fingerprint density at radius 3 is 2.74 bits per heavy atom. The Bertz CT molecular complexity index is 452. The molecule has 0 bridgehead atoms. The Morgan fingerprint density at radius 1 is 1.21 bits per heavy atom. The summed E-state index contributed by atoms with van der Waals surface area (Å²) < 4.78 is 5.82. The summed E-state index contributed by atoms with van der Waals surface area (Å²) in [5.41, 5.74) is 1.99. The third-order valence-electron chi connectivity index (χ3n) is 4.29. The molecule has 0 unspecified atom stereocenters. The van der Waals surface area contributed by atoms with Gasteiger partial charge in [-0.1, -0.05) is 30.5 Å². The van der Waals surface area contributed by atoms with Crippen LogP contribution in [-0.2, 0) is 4.74 Å². The lowest BCUT2D eigenvalue weighted by Gasteiger charge is -2.43. The smallest absolute Gasteiger partial charge is 0.254 e. The molecule has 0 spiro atoms. The maximum atomic E-state index is 12.6. The van der Waals surface area contributed by atoms with Gasteiger partial charge < -0.3 is 9.64 Å². The van der Waals surface area contributed by atoms with Crippen LogP contribution in [0, 0.1) is 6.92 Å². The largest absolute Gasteiger partial charge is 0.374 e. The number of morpholine rings is 1. The lowest BCUT2D eigenvalue weighted by molar-refractivity contribution is -0.0752. The molecule has 1 saturated carbocycles. The van der Waals surface area contributed by atoms with Crippen LogP contribution in [0.4, 0.5) is 0 Å². The second kappa shape index (κ2) is 5.33. The Morgan fingerprint density at radius 2 is 1.95 bits per heavy atom. The molecule has 1 aromatic rings. The van der Waals surface area contributed by atoms with Crippen molar-refractivity contribution in [1.29, 1.82) is 0 Å². The van der Waals surface area contributed by atoms with Crippen molar-refractivity contribution in [1.82, 2.24) is 4.90 Å². The first kappa shape index (κ1) is 12.7. The molecule has 102 valence electrons. The van der Waals surface area contributed by atoms with Crippen molar-refractivity contribution in [2.45, 2.75) is 44.8 Å². The second-order valence-electron chi connectivity index (χ2n) is 5.63. The van der Waals surface area contributed by atoms with Gasteiger partial charge in [-0.15, -0.1) is 0 Å². The highest BCUT2D eigenvalue weighted by Crippen LogP contribution is 2.29. The van der Waals surface area contributed by atoms with E-state index in [4.69, 9.17) is 4.74 Å². The molecular weight excluding hydrogens is 238 g/mol. The van der Waals surface area contributed by atoms with E-state index in [1.807, 2.05) is 36.1 Å². The Labute approximate surface area is 114 Å². The van der Waals surface area contributed by atoms with Crippen molar-refractivity contribution in [3.05, 3.63) is 35.4 Å². The number of nitrogens with zero attached hydrogens (tertiary/aromatic N) is 1. The van der Waals surface area contributed by atoms with Crippen molar-refractivity contribution < 1.29 is 9.53 Å². The van der Waals surface area contributed by atoms with E-state index < -0.39 is 0 Å². The van der Waals surface area contributed by atoms with Gasteiger partial charge in [0, 0.05) is 12.1 Å². The minimum Gasteiger partial charge on any atom is -0.374 e. The molecule has 0 radical (unpaired) electrons. The van der Waals surface area contributed by atoms with E-state index in [0.29, 0.717) is 6.61 Å². The number of ether oxygens (including phenoxy) is 1. The molecule has 1 aromatic carbocycles. The Balaban J connectivity index is 1.79. The van der Waals surface area contributed by atoms with Crippen LogP contribution in [0.2, 0.25) is 0 Å². The SMILES string of the molecule is Cc1ccc(C(=O)N2CCO[C@@H]3CCCC[C@H]32)cc1. The van der Waals surface area contributed by atoms with Gasteiger partial charge in [-0.25, -0.2) is 0 Å². The number of rotatable bonds is 1. The second-order valence-corrected chi connectivity index (χ2v) is 5.63. The Kier molecular flexibility index (Phi) is 3.56. The van der Waals surface area contributed by atoms with Crippen molar-refractivity contribution >= 4 is 5.91 Å². The van der Waals surface area contributed by atoms with Crippen molar-refractivity contribution in [3.63, 3.8) is 0 Å². The number of fused-ring (bicyclic) bond motifs is 1. The molecule has 1 saturated heterocycles. The van der Waals surface area contributed by atoms with E-state index in [2.05, 4.69) is 0 Å². The molecule has 1 aliphatic heterocycles. The Hall–Kier alpha value is -1.35. The van der Waals surface area contributed by atoms with E-state index >= 15 is 0 Å². The van der Waals surface area contributed by atoms with E-state index in [0.717, 1.165) is 24.9 Å². The molecular formula is C16H21NO2. The number of amides is 1. The highest BCUT2D eigenvalue weighted by molar-refractivity contribution is 5.94. The summed E-state index contributed by atoms with van der Waals surface area (Å²) in [6.45, 7) is 3.45. The zero-order chi connectivity index (χ0) is 13.2. The summed E-state index contributed by atoms with van der Waals surface area (Å²) in [6.07, 6.45) is 4.89. The molecule has 0 N–H and O–H groups in total. The average Bonchev–Trinajstić information content (AvgIpc) is 2.47. The van der Waals surface area contributed by atoms with Crippen molar-refractivity contribution in [2.24, 2.45) is 0 Å². The zero-order valence-electron chi connectivity index (χ0n) is 11.5. The van der Waals surface area contributed by atoms with Gasteiger partial charge in [0.1, 0.15) is 0 Å². The van der Waals surface area contributed by atoms with Gasteiger partial charge in [0.05, 0.1) is 18.8 Å². The van der Waals surface area contributed by atoms with Crippen LogP contribution in [-0.4, -0.2) is 36.1 Å². The molecule has 3 rings (SSSR count). The summed E-state index contributed by atoms with van der Waals surface area (Å²) in [4.78, 5) is 14.7. The molecule has 1 heterocycles. The van der Waals surface area contributed by atoms with Crippen LogP contribution in [0.25, 0.3) is 0 Å². The number of carbonyl (C=O) groups is 1. The third kappa shape index (κ3) is 2.52. The molecule has 19 heavy (non-hydrogen) atoms. The number of benzene rings is 1. The molecule has 0 aromatic heterocycles. The standard InChI is InChI=1S/C16H21NO2/c1-12-6-8-13(9-7-12)16(18)17-10-11-19-15-5-3-2-4-14(15)17/h6-9,14-15H,2-5,10-11H2,1H3/t14-,15-/m1/s1. The predicted molar refractivity (Wildman–Crippen MR) is 74.2 cm³/mol. The van der Waals surface area contributed by atoms with Gasteiger partial charge >= 0.3 is 0 Å². The molecule has 3 heteroatoms. The van der Waals surface area contributed by atoms with Gasteiger partial charge in [-0.2, -0.15) is 0 Å². The summed E-state index contributed by atoms with van der Waals surface area (Å²) in [5, 5.41) is 0.